The van der Waals surface area contributed by atoms with Crippen molar-refractivity contribution in [3.63, 3.8) is 0 Å². The summed E-state index contributed by atoms with van der Waals surface area (Å²) in [7, 11) is 1.38. The van der Waals surface area contributed by atoms with E-state index in [0.29, 0.717) is 25.2 Å². The normalized spacial score (nSPS) is 18.1. The molecule has 1 aromatic rings. The minimum absolute atomic E-state index is 0.154. The van der Waals surface area contributed by atoms with Gasteiger partial charge in [-0.1, -0.05) is 29.8 Å². The fourth-order valence-corrected chi connectivity index (χ4v) is 3.04. The number of ether oxygens (including phenoxy) is 1. The molecule has 120 valence electrons. The van der Waals surface area contributed by atoms with Gasteiger partial charge in [-0.05, 0) is 31.7 Å². The van der Waals surface area contributed by atoms with Gasteiger partial charge < -0.3 is 9.64 Å². The molecule has 22 heavy (non-hydrogen) atoms. The zero-order valence-corrected chi connectivity index (χ0v) is 13.5. The van der Waals surface area contributed by atoms with E-state index in [2.05, 4.69) is 35.9 Å². The van der Waals surface area contributed by atoms with E-state index in [1.54, 1.807) is 0 Å². The number of benzene rings is 1. The summed E-state index contributed by atoms with van der Waals surface area (Å²) in [5, 5.41) is 0. The van der Waals surface area contributed by atoms with E-state index in [0.717, 1.165) is 25.9 Å². The molecule has 0 bridgehead atoms. The zero-order valence-electron chi connectivity index (χ0n) is 13.5. The van der Waals surface area contributed by atoms with Gasteiger partial charge in [-0.3, -0.25) is 9.59 Å². The molecule has 0 saturated carbocycles. The van der Waals surface area contributed by atoms with Crippen LogP contribution in [0.1, 0.15) is 49.1 Å². The molecule has 2 rings (SSSR count). The number of likely N-dealkylation sites (tertiary alicyclic amines) is 1. The van der Waals surface area contributed by atoms with Gasteiger partial charge >= 0.3 is 5.97 Å². The summed E-state index contributed by atoms with van der Waals surface area (Å²) in [6.07, 6.45) is 3.49. The SMILES string of the molecule is COC(=O)CCCC(=O)N1CCC[C@@H](c2cccc(C)c2)C1. The molecule has 1 amide bonds. The lowest BCUT2D eigenvalue weighted by Crippen LogP contribution is -2.39. The number of hydrogen-bond donors (Lipinski definition) is 0. The van der Waals surface area contributed by atoms with Crippen LogP contribution in [0, 0.1) is 6.92 Å². The van der Waals surface area contributed by atoms with Crippen LogP contribution in [0.2, 0.25) is 0 Å². The number of carbonyl (C=O) groups is 2. The van der Waals surface area contributed by atoms with Crippen LogP contribution in [-0.2, 0) is 14.3 Å². The number of aryl methyl sites for hydroxylation is 1. The summed E-state index contributed by atoms with van der Waals surface area (Å²) in [4.78, 5) is 25.3. The molecule has 1 atom stereocenters. The third kappa shape index (κ3) is 4.58. The highest BCUT2D eigenvalue weighted by atomic mass is 16.5. The van der Waals surface area contributed by atoms with E-state index in [4.69, 9.17) is 0 Å². The van der Waals surface area contributed by atoms with E-state index < -0.39 is 0 Å². The number of carbonyl (C=O) groups excluding carboxylic acids is 2. The van der Waals surface area contributed by atoms with E-state index in [9.17, 15) is 9.59 Å². The van der Waals surface area contributed by atoms with Crippen LogP contribution >= 0.6 is 0 Å². The lowest BCUT2D eigenvalue weighted by Gasteiger charge is -2.33. The molecule has 0 radical (unpaired) electrons. The Labute approximate surface area is 132 Å². The standard InChI is InChI=1S/C18H25NO3/c1-14-6-3-7-15(12-14)16-8-5-11-19(13-16)17(20)9-4-10-18(21)22-2/h3,6-7,12,16H,4-5,8-11,13H2,1-2H3/t16-/m1/s1. The van der Waals surface area contributed by atoms with E-state index in [1.807, 2.05) is 4.90 Å². The largest absolute Gasteiger partial charge is 0.469 e. The monoisotopic (exact) mass is 303 g/mol. The number of rotatable bonds is 5. The predicted octanol–water partition coefficient (Wildman–Crippen LogP) is 3.04. The fourth-order valence-electron chi connectivity index (χ4n) is 3.04. The Kier molecular flexibility index (Phi) is 5.99. The quantitative estimate of drug-likeness (QED) is 0.785. The van der Waals surface area contributed by atoms with Gasteiger partial charge in [0.15, 0.2) is 0 Å². The molecule has 0 aromatic heterocycles. The van der Waals surface area contributed by atoms with Crippen LogP contribution in [0.5, 0.6) is 0 Å². The number of amides is 1. The van der Waals surface area contributed by atoms with E-state index in [1.165, 1.54) is 18.2 Å². The maximum atomic E-state index is 12.3. The molecule has 1 aliphatic heterocycles. The van der Waals surface area contributed by atoms with Crippen molar-refractivity contribution in [2.75, 3.05) is 20.2 Å². The summed E-state index contributed by atoms with van der Waals surface area (Å²) in [6.45, 7) is 3.72. The number of methoxy groups -OCH3 is 1. The minimum Gasteiger partial charge on any atom is -0.469 e. The topological polar surface area (TPSA) is 46.6 Å². The van der Waals surface area contributed by atoms with Gasteiger partial charge in [0.1, 0.15) is 0 Å². The van der Waals surface area contributed by atoms with E-state index in [-0.39, 0.29) is 11.9 Å². The number of nitrogens with zero attached hydrogens (tertiary/aromatic N) is 1. The zero-order chi connectivity index (χ0) is 15.9. The van der Waals surface area contributed by atoms with Crippen molar-refractivity contribution in [3.8, 4) is 0 Å². The summed E-state index contributed by atoms with van der Waals surface area (Å²) in [6, 6.07) is 8.56. The van der Waals surface area contributed by atoms with E-state index >= 15 is 0 Å². The van der Waals surface area contributed by atoms with Gasteiger partial charge in [0.05, 0.1) is 7.11 Å². The number of esters is 1. The minimum atomic E-state index is -0.246. The Hall–Kier alpha value is -1.84. The molecule has 0 spiro atoms. The lowest BCUT2D eigenvalue weighted by molar-refractivity contribution is -0.141. The van der Waals surface area contributed by atoms with Gasteiger partial charge in [-0.25, -0.2) is 0 Å². The van der Waals surface area contributed by atoms with Crippen LogP contribution in [0.25, 0.3) is 0 Å². The van der Waals surface area contributed by atoms with Crippen LogP contribution in [0.15, 0.2) is 24.3 Å². The smallest absolute Gasteiger partial charge is 0.305 e. The second-order valence-corrected chi connectivity index (χ2v) is 6.02. The molecule has 4 heteroatoms. The highest BCUT2D eigenvalue weighted by Crippen LogP contribution is 2.27. The van der Waals surface area contributed by atoms with Crippen molar-refractivity contribution < 1.29 is 14.3 Å². The second kappa shape index (κ2) is 7.97. The van der Waals surface area contributed by atoms with Crippen molar-refractivity contribution in [3.05, 3.63) is 35.4 Å². The first-order valence-corrected chi connectivity index (χ1v) is 8.01. The lowest BCUT2D eigenvalue weighted by atomic mass is 9.89. The number of piperidine rings is 1. The first-order chi connectivity index (χ1) is 10.6. The first kappa shape index (κ1) is 16.5. The summed E-state index contributed by atoms with van der Waals surface area (Å²) in [5.41, 5.74) is 2.59. The van der Waals surface area contributed by atoms with Gasteiger partial charge in [0.2, 0.25) is 5.91 Å². The summed E-state index contributed by atoms with van der Waals surface area (Å²) < 4.78 is 4.60. The Bertz CT molecular complexity index is 527. The molecular formula is C18H25NO3. The van der Waals surface area contributed by atoms with Crippen molar-refractivity contribution >= 4 is 11.9 Å². The molecule has 1 fully saturated rings. The van der Waals surface area contributed by atoms with Gasteiger partial charge in [0, 0.05) is 31.8 Å². The maximum Gasteiger partial charge on any atom is 0.305 e. The molecular weight excluding hydrogens is 278 g/mol. The number of hydrogen-bond acceptors (Lipinski definition) is 3. The molecule has 1 heterocycles. The Morgan fingerprint density at radius 1 is 1.32 bits per heavy atom. The van der Waals surface area contributed by atoms with Gasteiger partial charge in [-0.15, -0.1) is 0 Å². The third-order valence-electron chi connectivity index (χ3n) is 4.29. The fraction of sp³-hybridized carbons (Fsp3) is 0.556. The highest BCUT2D eigenvalue weighted by Gasteiger charge is 2.24. The summed E-state index contributed by atoms with van der Waals surface area (Å²) >= 11 is 0. The highest BCUT2D eigenvalue weighted by molar-refractivity contribution is 5.77. The van der Waals surface area contributed by atoms with Crippen LogP contribution in [-0.4, -0.2) is 37.0 Å². The summed E-state index contributed by atoms with van der Waals surface area (Å²) in [5.74, 6) is 0.337. The van der Waals surface area contributed by atoms with Gasteiger partial charge in [-0.2, -0.15) is 0 Å². The molecule has 0 unspecified atom stereocenters. The predicted molar refractivity (Wildman–Crippen MR) is 85.6 cm³/mol. The molecule has 0 N–H and O–H groups in total. The molecule has 4 nitrogen and oxygen atoms in total. The maximum absolute atomic E-state index is 12.3. The van der Waals surface area contributed by atoms with Crippen LogP contribution in [0.3, 0.4) is 0 Å². The van der Waals surface area contributed by atoms with Gasteiger partial charge in [0.25, 0.3) is 0 Å². The second-order valence-electron chi connectivity index (χ2n) is 6.02. The van der Waals surface area contributed by atoms with Crippen molar-refractivity contribution in [2.45, 2.75) is 44.9 Å². The Morgan fingerprint density at radius 2 is 2.14 bits per heavy atom. The Balaban J connectivity index is 1.87. The van der Waals surface area contributed by atoms with Crippen molar-refractivity contribution in [1.82, 2.24) is 4.90 Å². The third-order valence-corrected chi connectivity index (χ3v) is 4.29. The molecule has 0 aliphatic carbocycles. The Morgan fingerprint density at radius 3 is 2.86 bits per heavy atom. The van der Waals surface area contributed by atoms with Crippen molar-refractivity contribution in [2.24, 2.45) is 0 Å². The van der Waals surface area contributed by atoms with Crippen LogP contribution < -0.4 is 0 Å². The molecule has 1 aromatic carbocycles. The van der Waals surface area contributed by atoms with Crippen molar-refractivity contribution in [1.29, 1.82) is 0 Å². The molecule has 1 saturated heterocycles. The van der Waals surface area contributed by atoms with Crippen LogP contribution in [0.4, 0.5) is 0 Å². The first-order valence-electron chi connectivity index (χ1n) is 8.01. The average Bonchev–Trinajstić information content (AvgIpc) is 2.54. The molecule has 1 aliphatic rings. The average molecular weight is 303 g/mol.